The molecular weight excluding hydrogens is 617 g/mol. The van der Waals surface area contributed by atoms with Crippen LogP contribution in [0, 0.1) is 6.92 Å². The molecule has 2 heterocycles. The van der Waals surface area contributed by atoms with Gasteiger partial charge in [-0.3, -0.25) is 14.5 Å². The van der Waals surface area contributed by atoms with Crippen LogP contribution in [-0.2, 0) is 19.1 Å². The van der Waals surface area contributed by atoms with Crippen molar-refractivity contribution in [2.24, 2.45) is 0 Å². The summed E-state index contributed by atoms with van der Waals surface area (Å²) in [6.07, 6.45) is -2.57. The molecule has 0 saturated carbocycles. The van der Waals surface area contributed by atoms with E-state index in [2.05, 4.69) is 0 Å². The fourth-order valence-electron chi connectivity index (χ4n) is 6.29. The van der Waals surface area contributed by atoms with Crippen LogP contribution in [0.15, 0.2) is 109 Å². The molecule has 1 aliphatic rings. The molecule has 1 aliphatic heterocycles. The quantitative estimate of drug-likeness (QED) is 0.197. The molecule has 48 heavy (non-hydrogen) atoms. The van der Waals surface area contributed by atoms with Crippen molar-refractivity contribution in [3.63, 3.8) is 0 Å². The Balaban J connectivity index is 1.44. The lowest BCUT2D eigenvalue weighted by molar-refractivity contribution is -0.137. The number of halogens is 3. The molecular formula is C38H35F3N4O3. The predicted molar refractivity (Wildman–Crippen MR) is 179 cm³/mol. The number of rotatable bonds is 7. The number of likely N-dealkylation sites (N-methyl/N-ethyl adjacent to an activating group) is 1. The van der Waals surface area contributed by atoms with Crippen LogP contribution in [0.3, 0.4) is 0 Å². The van der Waals surface area contributed by atoms with Crippen LogP contribution in [0.2, 0.25) is 0 Å². The highest BCUT2D eigenvalue weighted by Crippen LogP contribution is 2.35. The van der Waals surface area contributed by atoms with E-state index in [0.29, 0.717) is 36.6 Å². The summed E-state index contributed by atoms with van der Waals surface area (Å²) >= 11 is 0. The number of para-hydroxylation sites is 1. The Bertz CT molecular complexity index is 1950. The SMILES string of the molecule is Cc1cc(C(=O)N(c2ccccc2)c2ccc(O)cc2)cn1-c1cc(C(F)(F)F)ccc1C(=O)N1Cc2ccccc2C[C@H]1CN(C)C. The van der Waals surface area contributed by atoms with Gasteiger partial charge in [0.2, 0.25) is 0 Å². The highest BCUT2D eigenvalue weighted by Gasteiger charge is 2.35. The Labute approximate surface area is 277 Å². The highest BCUT2D eigenvalue weighted by atomic mass is 19.4. The van der Waals surface area contributed by atoms with E-state index >= 15 is 0 Å². The van der Waals surface area contributed by atoms with E-state index in [9.17, 15) is 27.9 Å². The van der Waals surface area contributed by atoms with Crippen LogP contribution in [0.5, 0.6) is 5.75 Å². The summed E-state index contributed by atoms with van der Waals surface area (Å²) in [7, 11) is 3.84. The Hall–Kier alpha value is -5.35. The molecule has 7 nitrogen and oxygen atoms in total. The summed E-state index contributed by atoms with van der Waals surface area (Å²) in [5.41, 5.74) is 3.09. The average molecular weight is 653 g/mol. The first-order chi connectivity index (χ1) is 22.9. The van der Waals surface area contributed by atoms with Crippen LogP contribution in [0.1, 0.15) is 43.1 Å². The van der Waals surface area contributed by atoms with Gasteiger partial charge in [-0.15, -0.1) is 0 Å². The van der Waals surface area contributed by atoms with Gasteiger partial charge in [-0.25, -0.2) is 0 Å². The largest absolute Gasteiger partial charge is 0.508 e. The van der Waals surface area contributed by atoms with Gasteiger partial charge in [0.15, 0.2) is 0 Å². The van der Waals surface area contributed by atoms with Crippen molar-refractivity contribution in [2.75, 3.05) is 25.5 Å². The number of aromatic nitrogens is 1. The molecule has 2 amide bonds. The van der Waals surface area contributed by atoms with Crippen molar-refractivity contribution in [3.8, 4) is 11.4 Å². The molecule has 0 fully saturated rings. The van der Waals surface area contributed by atoms with Crippen LogP contribution in [-0.4, -0.2) is 58.0 Å². The number of phenols is 1. The van der Waals surface area contributed by atoms with Crippen molar-refractivity contribution in [1.82, 2.24) is 14.4 Å². The lowest BCUT2D eigenvalue weighted by Crippen LogP contribution is -2.49. The maximum absolute atomic E-state index is 14.4. The van der Waals surface area contributed by atoms with Crippen LogP contribution in [0.4, 0.5) is 24.5 Å². The minimum atomic E-state index is -4.66. The second-order valence-corrected chi connectivity index (χ2v) is 12.3. The zero-order chi connectivity index (χ0) is 34.2. The number of benzene rings is 4. The number of anilines is 2. The highest BCUT2D eigenvalue weighted by molar-refractivity contribution is 6.11. The molecule has 4 aromatic carbocycles. The minimum absolute atomic E-state index is 0.0322. The number of carbonyl (C=O) groups is 2. The Morgan fingerprint density at radius 2 is 1.50 bits per heavy atom. The number of nitrogens with zero attached hydrogens (tertiary/aromatic N) is 4. The number of aryl methyl sites for hydroxylation is 1. The van der Waals surface area contributed by atoms with Gasteiger partial charge in [0.25, 0.3) is 11.8 Å². The molecule has 1 aromatic heterocycles. The van der Waals surface area contributed by atoms with E-state index in [0.717, 1.165) is 23.3 Å². The Morgan fingerprint density at radius 3 is 2.17 bits per heavy atom. The number of fused-ring (bicyclic) bond motifs is 1. The molecule has 0 bridgehead atoms. The van der Waals surface area contributed by atoms with Gasteiger partial charge in [-0.2, -0.15) is 13.2 Å². The van der Waals surface area contributed by atoms with Crippen molar-refractivity contribution in [1.29, 1.82) is 0 Å². The fourth-order valence-corrected chi connectivity index (χ4v) is 6.29. The van der Waals surface area contributed by atoms with E-state index in [1.807, 2.05) is 49.3 Å². The second-order valence-electron chi connectivity index (χ2n) is 12.3. The second kappa shape index (κ2) is 13.0. The summed E-state index contributed by atoms with van der Waals surface area (Å²) in [6.45, 7) is 2.58. The Kier molecular flexibility index (Phi) is 8.85. The van der Waals surface area contributed by atoms with Crippen molar-refractivity contribution >= 4 is 23.2 Å². The standard InChI is InChI=1S/C38H35F3N4O3/c1-25-19-28(36(47)45(30-11-5-4-6-12-30)31-14-16-33(46)17-15-31)23-43(25)35-21-29(38(39,40)41)13-18-34(35)37(48)44-22-27-10-8-7-9-26(27)20-32(44)24-42(2)3/h4-19,21,23,32,46H,20,22,24H2,1-3H3/t32-/m0/s1. The molecule has 5 aromatic rings. The lowest BCUT2D eigenvalue weighted by Gasteiger charge is -2.38. The molecule has 0 radical (unpaired) electrons. The number of aromatic hydroxyl groups is 1. The summed E-state index contributed by atoms with van der Waals surface area (Å²) < 4.78 is 43.8. The van der Waals surface area contributed by atoms with E-state index < -0.39 is 23.6 Å². The molecule has 0 aliphatic carbocycles. The van der Waals surface area contributed by atoms with Gasteiger partial charge in [-0.05, 0) is 99.2 Å². The van der Waals surface area contributed by atoms with Crippen molar-refractivity contribution in [3.05, 3.63) is 143 Å². The first-order valence-corrected chi connectivity index (χ1v) is 15.5. The van der Waals surface area contributed by atoms with Crippen molar-refractivity contribution < 1.29 is 27.9 Å². The molecule has 0 spiro atoms. The van der Waals surface area contributed by atoms with E-state index in [1.54, 1.807) is 54.3 Å². The summed E-state index contributed by atoms with van der Waals surface area (Å²) in [6, 6.07) is 27.5. The van der Waals surface area contributed by atoms with E-state index in [1.165, 1.54) is 33.9 Å². The minimum Gasteiger partial charge on any atom is -0.508 e. The first kappa shape index (κ1) is 32.6. The summed E-state index contributed by atoms with van der Waals surface area (Å²) in [4.78, 5) is 33.8. The van der Waals surface area contributed by atoms with Gasteiger partial charge in [0.05, 0.1) is 22.4 Å². The summed E-state index contributed by atoms with van der Waals surface area (Å²) in [5, 5.41) is 9.86. The zero-order valence-electron chi connectivity index (χ0n) is 26.8. The number of hydrogen-bond acceptors (Lipinski definition) is 4. The zero-order valence-corrected chi connectivity index (χ0v) is 26.8. The topological polar surface area (TPSA) is 69.0 Å². The number of amides is 2. The van der Waals surface area contributed by atoms with Gasteiger partial charge in [-0.1, -0.05) is 42.5 Å². The molecule has 1 N–H and O–H groups in total. The smallest absolute Gasteiger partial charge is 0.416 e. The van der Waals surface area contributed by atoms with Crippen molar-refractivity contribution in [2.45, 2.75) is 32.1 Å². The third kappa shape index (κ3) is 6.57. The molecule has 10 heteroatoms. The maximum Gasteiger partial charge on any atom is 0.416 e. The molecule has 0 saturated heterocycles. The van der Waals surface area contributed by atoms with Crippen LogP contribution >= 0.6 is 0 Å². The van der Waals surface area contributed by atoms with E-state index in [-0.39, 0.29) is 28.6 Å². The van der Waals surface area contributed by atoms with Crippen LogP contribution < -0.4 is 4.90 Å². The number of hydrogen-bond donors (Lipinski definition) is 1. The number of carbonyl (C=O) groups excluding carboxylic acids is 2. The van der Waals surface area contributed by atoms with E-state index in [4.69, 9.17) is 0 Å². The normalized spacial score (nSPS) is 14.6. The van der Waals surface area contributed by atoms with Gasteiger partial charge >= 0.3 is 6.18 Å². The number of alkyl halides is 3. The molecule has 6 rings (SSSR count). The third-order valence-electron chi connectivity index (χ3n) is 8.59. The first-order valence-electron chi connectivity index (χ1n) is 15.5. The maximum atomic E-state index is 14.4. The fraction of sp³-hybridized carbons (Fsp3) is 0.211. The monoisotopic (exact) mass is 652 g/mol. The molecule has 246 valence electrons. The third-order valence-corrected chi connectivity index (χ3v) is 8.59. The summed E-state index contributed by atoms with van der Waals surface area (Å²) in [5.74, 6) is -0.795. The lowest BCUT2D eigenvalue weighted by atomic mass is 9.92. The molecule has 1 atom stereocenters. The molecule has 0 unspecified atom stereocenters. The number of phenolic OH excluding ortho intramolecular Hbond substituents is 1. The van der Waals surface area contributed by atoms with Gasteiger partial charge in [0, 0.05) is 42.4 Å². The average Bonchev–Trinajstić information content (AvgIpc) is 3.46. The van der Waals surface area contributed by atoms with Gasteiger partial charge < -0.3 is 19.5 Å². The Morgan fingerprint density at radius 1 is 0.854 bits per heavy atom. The predicted octanol–water partition coefficient (Wildman–Crippen LogP) is 7.62. The van der Waals surface area contributed by atoms with Crippen LogP contribution in [0.25, 0.3) is 5.69 Å². The van der Waals surface area contributed by atoms with Gasteiger partial charge in [0.1, 0.15) is 5.75 Å².